The lowest BCUT2D eigenvalue weighted by molar-refractivity contribution is 0.690. The number of anilines is 1. The second-order valence-electron chi connectivity index (χ2n) is 4.23. The van der Waals surface area contributed by atoms with E-state index in [0.717, 1.165) is 40.5 Å². The Morgan fingerprint density at radius 1 is 1.39 bits per heavy atom. The number of nitrogens with two attached hydrogens (primary N) is 1. The first kappa shape index (κ1) is 11.2. The molecule has 0 aliphatic rings. The Morgan fingerprint density at radius 3 is 3.06 bits per heavy atom. The van der Waals surface area contributed by atoms with Crippen molar-refractivity contribution in [2.75, 3.05) is 5.73 Å². The summed E-state index contributed by atoms with van der Waals surface area (Å²) < 4.78 is 2.22. The van der Waals surface area contributed by atoms with Gasteiger partial charge in [-0.15, -0.1) is 11.3 Å². The first-order valence-corrected chi connectivity index (χ1v) is 6.73. The molecule has 3 aromatic rings. The Labute approximate surface area is 109 Å². The van der Waals surface area contributed by atoms with Crippen molar-refractivity contribution in [1.82, 2.24) is 14.5 Å². The third-order valence-corrected chi connectivity index (χ3v) is 3.84. The lowest BCUT2D eigenvalue weighted by Crippen LogP contribution is -2.03. The van der Waals surface area contributed by atoms with E-state index in [0.29, 0.717) is 0 Å². The van der Waals surface area contributed by atoms with Crippen LogP contribution >= 0.6 is 11.3 Å². The number of benzene rings is 1. The quantitative estimate of drug-likeness (QED) is 0.735. The molecule has 1 aromatic carbocycles. The third kappa shape index (κ3) is 1.97. The van der Waals surface area contributed by atoms with Crippen molar-refractivity contribution >= 4 is 28.1 Å². The predicted molar refractivity (Wildman–Crippen MR) is 74.7 cm³/mol. The summed E-state index contributed by atoms with van der Waals surface area (Å²) in [5.41, 5.74) is 8.64. The molecule has 0 saturated carbocycles. The molecule has 4 nitrogen and oxygen atoms in total. The molecule has 0 unspecified atom stereocenters. The molecule has 0 radical (unpaired) electrons. The third-order valence-electron chi connectivity index (χ3n) is 3.00. The van der Waals surface area contributed by atoms with Gasteiger partial charge >= 0.3 is 0 Å². The summed E-state index contributed by atoms with van der Waals surface area (Å²) in [4.78, 5) is 8.84. The summed E-state index contributed by atoms with van der Waals surface area (Å²) in [6, 6.07) is 5.87. The van der Waals surface area contributed by atoms with Gasteiger partial charge in [-0.25, -0.2) is 9.97 Å². The lowest BCUT2D eigenvalue weighted by atomic mass is 10.3. The highest BCUT2D eigenvalue weighted by Gasteiger charge is 2.08. The molecule has 0 bridgehead atoms. The zero-order chi connectivity index (χ0) is 12.5. The number of nitrogens with zero attached hydrogens (tertiary/aromatic N) is 3. The molecule has 0 saturated heterocycles. The lowest BCUT2D eigenvalue weighted by Gasteiger charge is -2.05. The van der Waals surface area contributed by atoms with Gasteiger partial charge < -0.3 is 10.3 Å². The number of imidazole rings is 1. The van der Waals surface area contributed by atoms with E-state index in [1.807, 2.05) is 36.7 Å². The Morgan fingerprint density at radius 2 is 2.28 bits per heavy atom. The van der Waals surface area contributed by atoms with E-state index in [2.05, 4.69) is 14.5 Å². The SMILES string of the molecule is Cc1nc2cc(N)ccc2n1CCc1nccs1. The normalized spacial score (nSPS) is 11.2. The number of rotatable bonds is 3. The molecule has 2 heterocycles. The number of hydrogen-bond donors (Lipinski definition) is 1. The molecule has 0 aliphatic carbocycles. The van der Waals surface area contributed by atoms with Crippen molar-refractivity contribution < 1.29 is 0 Å². The molecular weight excluding hydrogens is 244 g/mol. The summed E-state index contributed by atoms with van der Waals surface area (Å²) in [7, 11) is 0. The molecule has 92 valence electrons. The monoisotopic (exact) mass is 258 g/mol. The highest BCUT2D eigenvalue weighted by Crippen LogP contribution is 2.19. The summed E-state index contributed by atoms with van der Waals surface area (Å²) in [6.45, 7) is 2.93. The van der Waals surface area contributed by atoms with Gasteiger partial charge in [0.1, 0.15) is 5.82 Å². The standard InChI is InChI=1S/C13H14N4S/c1-9-16-11-8-10(14)2-3-12(11)17(9)6-4-13-15-5-7-18-13/h2-3,5,7-8H,4,6,14H2,1H3. The molecule has 0 atom stereocenters. The van der Waals surface area contributed by atoms with Crippen LogP contribution in [-0.2, 0) is 13.0 Å². The van der Waals surface area contributed by atoms with E-state index < -0.39 is 0 Å². The van der Waals surface area contributed by atoms with E-state index in [1.54, 1.807) is 11.3 Å². The Kier molecular flexibility index (Phi) is 2.76. The van der Waals surface area contributed by atoms with Crippen LogP contribution in [-0.4, -0.2) is 14.5 Å². The van der Waals surface area contributed by atoms with Crippen molar-refractivity contribution in [2.24, 2.45) is 0 Å². The largest absolute Gasteiger partial charge is 0.399 e. The fraction of sp³-hybridized carbons (Fsp3) is 0.231. The van der Waals surface area contributed by atoms with Gasteiger partial charge in [-0.3, -0.25) is 0 Å². The maximum absolute atomic E-state index is 5.78. The van der Waals surface area contributed by atoms with E-state index in [-0.39, 0.29) is 0 Å². The van der Waals surface area contributed by atoms with Crippen molar-refractivity contribution in [3.8, 4) is 0 Å². The fourth-order valence-corrected chi connectivity index (χ4v) is 2.74. The number of nitrogen functional groups attached to an aromatic ring is 1. The molecule has 0 amide bonds. The summed E-state index contributed by atoms with van der Waals surface area (Å²) in [6.07, 6.45) is 2.79. The number of aromatic nitrogens is 3. The van der Waals surface area contributed by atoms with Crippen LogP contribution in [0.25, 0.3) is 11.0 Å². The Balaban J connectivity index is 1.93. The maximum Gasteiger partial charge on any atom is 0.106 e. The first-order chi connectivity index (χ1) is 8.74. The minimum absolute atomic E-state index is 0.757. The highest BCUT2D eigenvalue weighted by molar-refractivity contribution is 7.09. The van der Waals surface area contributed by atoms with Crippen LogP contribution in [0.5, 0.6) is 0 Å². The van der Waals surface area contributed by atoms with Gasteiger partial charge in [0.2, 0.25) is 0 Å². The van der Waals surface area contributed by atoms with Gasteiger partial charge in [-0.05, 0) is 25.1 Å². The molecule has 3 rings (SSSR count). The second kappa shape index (κ2) is 4.42. The summed E-state index contributed by atoms with van der Waals surface area (Å²) in [5.74, 6) is 1.02. The van der Waals surface area contributed by atoms with E-state index in [4.69, 9.17) is 5.73 Å². The first-order valence-electron chi connectivity index (χ1n) is 5.85. The van der Waals surface area contributed by atoms with Crippen LogP contribution in [0.1, 0.15) is 10.8 Å². The van der Waals surface area contributed by atoms with Crippen LogP contribution in [0.2, 0.25) is 0 Å². The van der Waals surface area contributed by atoms with Crippen LogP contribution in [0.15, 0.2) is 29.8 Å². The molecule has 2 N–H and O–H groups in total. The highest BCUT2D eigenvalue weighted by atomic mass is 32.1. The molecular formula is C13H14N4S. The minimum atomic E-state index is 0.757. The van der Waals surface area contributed by atoms with Crippen LogP contribution in [0.4, 0.5) is 5.69 Å². The maximum atomic E-state index is 5.78. The van der Waals surface area contributed by atoms with Crippen molar-refractivity contribution in [1.29, 1.82) is 0 Å². The second-order valence-corrected chi connectivity index (χ2v) is 5.21. The molecule has 0 aliphatic heterocycles. The summed E-state index contributed by atoms with van der Waals surface area (Å²) in [5, 5.41) is 3.17. The number of hydrogen-bond acceptors (Lipinski definition) is 4. The van der Waals surface area contributed by atoms with Gasteiger partial charge in [-0.2, -0.15) is 0 Å². The van der Waals surface area contributed by atoms with Gasteiger partial charge in [0.25, 0.3) is 0 Å². The van der Waals surface area contributed by atoms with Crippen LogP contribution < -0.4 is 5.73 Å². The number of thiazole rings is 1. The predicted octanol–water partition coefficient (Wildman–Crippen LogP) is 2.63. The molecule has 18 heavy (non-hydrogen) atoms. The summed E-state index contributed by atoms with van der Waals surface area (Å²) >= 11 is 1.69. The van der Waals surface area contributed by atoms with Gasteiger partial charge in [-0.1, -0.05) is 0 Å². The van der Waals surface area contributed by atoms with Crippen molar-refractivity contribution in [3.05, 3.63) is 40.6 Å². The zero-order valence-corrected chi connectivity index (χ0v) is 10.9. The van der Waals surface area contributed by atoms with E-state index in [1.165, 1.54) is 0 Å². The zero-order valence-electron chi connectivity index (χ0n) is 10.1. The molecule has 2 aromatic heterocycles. The number of fused-ring (bicyclic) bond motifs is 1. The average molecular weight is 258 g/mol. The molecule has 0 fully saturated rings. The Bertz CT molecular complexity index is 670. The van der Waals surface area contributed by atoms with E-state index in [9.17, 15) is 0 Å². The minimum Gasteiger partial charge on any atom is -0.399 e. The molecule has 5 heteroatoms. The smallest absolute Gasteiger partial charge is 0.106 e. The van der Waals surface area contributed by atoms with Crippen molar-refractivity contribution in [2.45, 2.75) is 19.9 Å². The number of aryl methyl sites for hydroxylation is 3. The fourth-order valence-electron chi connectivity index (χ4n) is 2.13. The van der Waals surface area contributed by atoms with Crippen LogP contribution in [0.3, 0.4) is 0 Å². The van der Waals surface area contributed by atoms with Gasteiger partial charge in [0, 0.05) is 30.2 Å². The van der Waals surface area contributed by atoms with Gasteiger partial charge in [0.15, 0.2) is 0 Å². The van der Waals surface area contributed by atoms with E-state index >= 15 is 0 Å². The topological polar surface area (TPSA) is 56.7 Å². The van der Waals surface area contributed by atoms with Crippen molar-refractivity contribution in [3.63, 3.8) is 0 Å². The molecule has 0 spiro atoms. The average Bonchev–Trinajstić information content (AvgIpc) is 2.93. The van der Waals surface area contributed by atoms with Crippen LogP contribution in [0, 0.1) is 6.92 Å². The van der Waals surface area contributed by atoms with Gasteiger partial charge in [0.05, 0.1) is 16.0 Å². The Hall–Kier alpha value is -1.88.